The molecule has 0 amide bonds. The maximum Gasteiger partial charge on any atom is 0.308 e. The zero-order valence-corrected chi connectivity index (χ0v) is 12.4. The van der Waals surface area contributed by atoms with Gasteiger partial charge in [-0.25, -0.2) is 0 Å². The Morgan fingerprint density at radius 2 is 1.67 bits per heavy atom. The highest BCUT2D eigenvalue weighted by Gasteiger charge is 2.21. The maximum absolute atomic E-state index is 11.9. The Labute approximate surface area is 122 Å². The minimum Gasteiger partial charge on any atom is -0.496 e. The number of Topliss-reactive ketones (excluding diaryl/α,β-unsaturated/α-hetero) is 1. The number of ether oxygens (including phenoxy) is 3. The van der Waals surface area contributed by atoms with Crippen LogP contribution in [-0.2, 0) is 4.79 Å². The van der Waals surface area contributed by atoms with Gasteiger partial charge in [-0.3, -0.25) is 9.59 Å². The van der Waals surface area contributed by atoms with Crippen molar-refractivity contribution in [1.82, 2.24) is 0 Å². The Hall–Kier alpha value is -2.56. The summed E-state index contributed by atoms with van der Waals surface area (Å²) in [6.45, 7) is 2.69. The fourth-order valence-electron chi connectivity index (χ4n) is 2.23. The fraction of sp³-hybridized carbons (Fsp3) is 0.250. The molecule has 2 rings (SSSR count). The number of carbonyl (C=O) groups excluding carboxylic acids is 2. The number of esters is 1. The second-order valence-electron chi connectivity index (χ2n) is 4.49. The average Bonchev–Trinajstić information content (AvgIpc) is 2.45. The zero-order valence-electron chi connectivity index (χ0n) is 12.4. The minimum atomic E-state index is -0.505. The molecule has 0 saturated heterocycles. The molecule has 0 radical (unpaired) electrons. The molecular weight excluding hydrogens is 272 g/mol. The largest absolute Gasteiger partial charge is 0.496 e. The van der Waals surface area contributed by atoms with Crippen LogP contribution in [0.1, 0.15) is 24.2 Å². The molecule has 0 aliphatic rings. The lowest BCUT2D eigenvalue weighted by Gasteiger charge is -2.16. The molecule has 0 aliphatic carbocycles. The molecular formula is C16H16O5. The van der Waals surface area contributed by atoms with E-state index in [9.17, 15) is 9.59 Å². The van der Waals surface area contributed by atoms with E-state index in [4.69, 9.17) is 14.2 Å². The molecule has 2 aromatic carbocycles. The summed E-state index contributed by atoms with van der Waals surface area (Å²) in [7, 11) is 3.03. The average molecular weight is 288 g/mol. The molecule has 110 valence electrons. The number of benzene rings is 2. The van der Waals surface area contributed by atoms with Gasteiger partial charge in [0, 0.05) is 12.3 Å². The third-order valence-corrected chi connectivity index (χ3v) is 3.10. The third kappa shape index (κ3) is 2.67. The number of ketones is 1. The van der Waals surface area contributed by atoms with Gasteiger partial charge in [-0.1, -0.05) is 12.1 Å². The van der Waals surface area contributed by atoms with Crippen LogP contribution in [0.15, 0.2) is 24.3 Å². The lowest BCUT2D eigenvalue weighted by molar-refractivity contribution is -0.131. The number of carbonyl (C=O) groups is 2. The standard InChI is InChI=1S/C16H16O5/c1-9(17)12-8-14(20-4)11-6-5-7-13(19-3)15(11)16(12)21-10(2)18/h5-8H,1-4H3. The van der Waals surface area contributed by atoms with Crippen molar-refractivity contribution < 1.29 is 23.8 Å². The number of methoxy groups -OCH3 is 2. The summed E-state index contributed by atoms with van der Waals surface area (Å²) < 4.78 is 15.9. The van der Waals surface area contributed by atoms with Crippen LogP contribution in [-0.4, -0.2) is 26.0 Å². The maximum atomic E-state index is 11.9. The van der Waals surface area contributed by atoms with Gasteiger partial charge in [-0.2, -0.15) is 0 Å². The molecule has 5 heteroatoms. The van der Waals surface area contributed by atoms with Crippen molar-refractivity contribution in [2.24, 2.45) is 0 Å². The van der Waals surface area contributed by atoms with E-state index in [0.717, 1.165) is 0 Å². The molecule has 5 nitrogen and oxygen atoms in total. The Morgan fingerprint density at radius 1 is 1.00 bits per heavy atom. The van der Waals surface area contributed by atoms with Crippen molar-refractivity contribution in [3.05, 3.63) is 29.8 Å². The number of rotatable bonds is 4. The number of hydrogen-bond donors (Lipinski definition) is 0. The first-order valence-corrected chi connectivity index (χ1v) is 6.36. The van der Waals surface area contributed by atoms with Gasteiger partial charge in [-0.05, 0) is 19.1 Å². The van der Waals surface area contributed by atoms with Crippen LogP contribution >= 0.6 is 0 Å². The quantitative estimate of drug-likeness (QED) is 0.491. The molecule has 2 aromatic rings. The van der Waals surface area contributed by atoms with Gasteiger partial charge in [0.05, 0.1) is 25.2 Å². The Morgan fingerprint density at radius 3 is 2.19 bits per heavy atom. The van der Waals surface area contributed by atoms with Crippen LogP contribution in [0.25, 0.3) is 10.8 Å². The number of hydrogen-bond acceptors (Lipinski definition) is 5. The molecule has 0 saturated carbocycles. The van der Waals surface area contributed by atoms with Crippen molar-refractivity contribution in [2.45, 2.75) is 13.8 Å². The van der Waals surface area contributed by atoms with E-state index in [1.165, 1.54) is 28.1 Å². The zero-order chi connectivity index (χ0) is 15.6. The van der Waals surface area contributed by atoms with E-state index in [1.54, 1.807) is 18.2 Å². The summed E-state index contributed by atoms with van der Waals surface area (Å²) >= 11 is 0. The van der Waals surface area contributed by atoms with Crippen LogP contribution in [0.3, 0.4) is 0 Å². The first-order valence-electron chi connectivity index (χ1n) is 6.36. The van der Waals surface area contributed by atoms with Gasteiger partial charge in [0.25, 0.3) is 0 Å². The summed E-state index contributed by atoms with van der Waals surface area (Å²) in [4.78, 5) is 23.3. The molecule has 0 bridgehead atoms. The van der Waals surface area contributed by atoms with Crippen LogP contribution in [0, 0.1) is 0 Å². The highest BCUT2D eigenvalue weighted by atomic mass is 16.5. The summed E-state index contributed by atoms with van der Waals surface area (Å²) in [6, 6.07) is 6.92. The van der Waals surface area contributed by atoms with Crippen LogP contribution in [0.5, 0.6) is 17.2 Å². The Kier molecular flexibility index (Phi) is 4.12. The molecule has 0 aliphatic heterocycles. The van der Waals surface area contributed by atoms with E-state index in [0.29, 0.717) is 22.3 Å². The molecule has 0 spiro atoms. The highest BCUT2D eigenvalue weighted by molar-refractivity contribution is 6.08. The molecule has 21 heavy (non-hydrogen) atoms. The van der Waals surface area contributed by atoms with Crippen LogP contribution in [0.4, 0.5) is 0 Å². The first-order chi connectivity index (χ1) is 9.99. The Balaban J connectivity index is 2.95. The second kappa shape index (κ2) is 5.83. The van der Waals surface area contributed by atoms with Gasteiger partial charge in [0.15, 0.2) is 11.5 Å². The third-order valence-electron chi connectivity index (χ3n) is 3.10. The van der Waals surface area contributed by atoms with Gasteiger partial charge >= 0.3 is 5.97 Å². The normalized spacial score (nSPS) is 10.3. The van der Waals surface area contributed by atoms with E-state index in [1.807, 2.05) is 6.07 Å². The van der Waals surface area contributed by atoms with E-state index in [-0.39, 0.29) is 17.1 Å². The molecule has 0 unspecified atom stereocenters. The minimum absolute atomic E-state index is 0.197. The van der Waals surface area contributed by atoms with E-state index >= 15 is 0 Å². The van der Waals surface area contributed by atoms with E-state index < -0.39 is 5.97 Å². The topological polar surface area (TPSA) is 61.8 Å². The predicted octanol–water partition coefficient (Wildman–Crippen LogP) is 2.98. The van der Waals surface area contributed by atoms with Gasteiger partial charge in [-0.15, -0.1) is 0 Å². The molecule has 0 fully saturated rings. The lowest BCUT2D eigenvalue weighted by Crippen LogP contribution is -2.08. The van der Waals surface area contributed by atoms with Crippen molar-refractivity contribution >= 4 is 22.5 Å². The molecule has 0 atom stereocenters. The van der Waals surface area contributed by atoms with Crippen molar-refractivity contribution in [3.8, 4) is 17.2 Å². The van der Waals surface area contributed by atoms with Crippen LogP contribution < -0.4 is 14.2 Å². The smallest absolute Gasteiger partial charge is 0.308 e. The van der Waals surface area contributed by atoms with Gasteiger partial charge in [0.1, 0.15) is 11.5 Å². The molecule has 0 aromatic heterocycles. The fourth-order valence-corrected chi connectivity index (χ4v) is 2.23. The lowest BCUT2D eigenvalue weighted by atomic mass is 10.0. The van der Waals surface area contributed by atoms with Gasteiger partial charge in [0.2, 0.25) is 0 Å². The molecule has 0 heterocycles. The predicted molar refractivity (Wildman–Crippen MR) is 78.4 cm³/mol. The summed E-state index contributed by atoms with van der Waals surface area (Å²) in [5.41, 5.74) is 0.277. The summed E-state index contributed by atoms with van der Waals surface area (Å²) in [6.07, 6.45) is 0. The first kappa shape index (κ1) is 14.8. The van der Waals surface area contributed by atoms with Crippen LogP contribution in [0.2, 0.25) is 0 Å². The van der Waals surface area contributed by atoms with Crippen molar-refractivity contribution in [1.29, 1.82) is 0 Å². The second-order valence-corrected chi connectivity index (χ2v) is 4.49. The number of fused-ring (bicyclic) bond motifs is 1. The van der Waals surface area contributed by atoms with Gasteiger partial charge < -0.3 is 14.2 Å². The summed E-state index contributed by atoms with van der Waals surface area (Å²) in [5.74, 6) is 0.491. The summed E-state index contributed by atoms with van der Waals surface area (Å²) in [5, 5.41) is 1.25. The monoisotopic (exact) mass is 288 g/mol. The van der Waals surface area contributed by atoms with E-state index in [2.05, 4.69) is 0 Å². The molecule has 0 N–H and O–H groups in total. The van der Waals surface area contributed by atoms with Crippen molar-refractivity contribution in [2.75, 3.05) is 14.2 Å². The Bertz CT molecular complexity index is 718. The van der Waals surface area contributed by atoms with Crippen molar-refractivity contribution in [3.63, 3.8) is 0 Å². The highest BCUT2D eigenvalue weighted by Crippen LogP contribution is 2.42. The SMILES string of the molecule is COc1cc(C(C)=O)c(OC(C)=O)c2c(OC)cccc12.